The van der Waals surface area contributed by atoms with Crippen LogP contribution >= 0.6 is 0 Å². The van der Waals surface area contributed by atoms with E-state index >= 15 is 0 Å². The molecule has 0 bridgehead atoms. The van der Waals surface area contributed by atoms with Crippen LogP contribution in [0.1, 0.15) is 12.8 Å². The van der Waals surface area contributed by atoms with Crippen LogP contribution in [0.25, 0.3) is 0 Å². The molecule has 0 aliphatic carbocycles. The first-order valence-electron chi connectivity index (χ1n) is 7.74. The summed E-state index contributed by atoms with van der Waals surface area (Å²) in [5.41, 5.74) is 0.702. The number of urea groups is 1. The van der Waals surface area contributed by atoms with Gasteiger partial charge in [-0.15, -0.1) is 0 Å². The van der Waals surface area contributed by atoms with Crippen LogP contribution in [0.2, 0.25) is 0 Å². The number of benzene rings is 2. The Hall–Kier alpha value is -2.76. The van der Waals surface area contributed by atoms with Crippen molar-refractivity contribution in [2.24, 2.45) is 0 Å². The molecule has 0 unspecified atom stereocenters. The Morgan fingerprint density at radius 3 is 2.33 bits per heavy atom. The minimum atomic E-state index is -0.283. The van der Waals surface area contributed by atoms with Crippen molar-refractivity contribution in [2.45, 2.75) is 12.8 Å². The molecule has 2 amide bonds. The van der Waals surface area contributed by atoms with Gasteiger partial charge in [0.1, 0.15) is 17.3 Å². The van der Waals surface area contributed by atoms with Crippen molar-refractivity contribution in [1.29, 1.82) is 0 Å². The number of nitrogens with one attached hydrogen (secondary N) is 2. The van der Waals surface area contributed by atoms with Crippen molar-refractivity contribution >= 4 is 11.7 Å². The second kappa shape index (κ2) is 9.39. The maximum absolute atomic E-state index is 12.7. The highest BCUT2D eigenvalue weighted by atomic mass is 19.1. The van der Waals surface area contributed by atoms with Crippen LogP contribution in [0.5, 0.6) is 11.5 Å². The average Bonchev–Trinajstić information content (AvgIpc) is 2.60. The van der Waals surface area contributed by atoms with E-state index in [0.717, 1.165) is 18.6 Å². The molecule has 2 N–H and O–H groups in total. The third kappa shape index (κ3) is 6.16. The van der Waals surface area contributed by atoms with E-state index in [4.69, 9.17) is 9.47 Å². The Balaban J connectivity index is 1.56. The van der Waals surface area contributed by atoms with Crippen LogP contribution in [0.4, 0.5) is 14.9 Å². The van der Waals surface area contributed by atoms with Crippen LogP contribution in [-0.4, -0.2) is 26.3 Å². The Morgan fingerprint density at radius 2 is 1.67 bits per heavy atom. The monoisotopic (exact) mass is 332 g/mol. The first-order valence-corrected chi connectivity index (χ1v) is 7.74. The lowest BCUT2D eigenvalue weighted by molar-refractivity contribution is 0.251. The maximum atomic E-state index is 12.7. The van der Waals surface area contributed by atoms with Crippen molar-refractivity contribution in [3.63, 3.8) is 0 Å². The van der Waals surface area contributed by atoms with E-state index in [2.05, 4.69) is 10.6 Å². The number of anilines is 1. The highest BCUT2D eigenvalue weighted by molar-refractivity contribution is 5.89. The zero-order chi connectivity index (χ0) is 17.2. The van der Waals surface area contributed by atoms with E-state index in [-0.39, 0.29) is 11.8 Å². The highest BCUT2D eigenvalue weighted by Gasteiger charge is 2.01. The topological polar surface area (TPSA) is 59.6 Å². The summed E-state index contributed by atoms with van der Waals surface area (Å²) in [5.74, 6) is 1.10. The number of amides is 2. The SMILES string of the molecule is COc1ccc(NC(=O)NCCCCOc2ccc(F)cc2)cc1. The Kier molecular flexibility index (Phi) is 6.89. The van der Waals surface area contributed by atoms with Crippen molar-refractivity contribution in [3.8, 4) is 11.5 Å². The van der Waals surface area contributed by atoms with Gasteiger partial charge in [0.25, 0.3) is 0 Å². The third-order valence-corrected chi connectivity index (χ3v) is 3.29. The third-order valence-electron chi connectivity index (χ3n) is 3.29. The molecule has 0 aliphatic heterocycles. The van der Waals surface area contributed by atoms with E-state index in [0.29, 0.717) is 24.6 Å². The van der Waals surface area contributed by atoms with E-state index in [1.807, 2.05) is 0 Å². The number of ether oxygens (including phenoxy) is 2. The second-order valence-corrected chi connectivity index (χ2v) is 5.12. The Morgan fingerprint density at radius 1 is 1.00 bits per heavy atom. The fourth-order valence-corrected chi connectivity index (χ4v) is 2.00. The predicted molar refractivity (Wildman–Crippen MR) is 91.1 cm³/mol. The second-order valence-electron chi connectivity index (χ2n) is 5.12. The summed E-state index contributed by atoms with van der Waals surface area (Å²) in [6.45, 7) is 1.07. The fraction of sp³-hybridized carbons (Fsp3) is 0.278. The van der Waals surface area contributed by atoms with Gasteiger partial charge < -0.3 is 20.1 Å². The lowest BCUT2D eigenvalue weighted by Crippen LogP contribution is -2.29. The summed E-state index contributed by atoms with van der Waals surface area (Å²) < 4.78 is 23.3. The zero-order valence-electron chi connectivity index (χ0n) is 13.5. The van der Waals surface area contributed by atoms with Crippen molar-refractivity contribution in [2.75, 3.05) is 25.6 Å². The minimum Gasteiger partial charge on any atom is -0.497 e. The predicted octanol–water partition coefficient (Wildman–Crippen LogP) is 3.82. The average molecular weight is 332 g/mol. The molecule has 24 heavy (non-hydrogen) atoms. The van der Waals surface area contributed by atoms with Crippen molar-refractivity contribution < 1.29 is 18.7 Å². The molecule has 2 aromatic rings. The van der Waals surface area contributed by atoms with Gasteiger partial charge >= 0.3 is 6.03 Å². The number of rotatable bonds is 8. The zero-order valence-corrected chi connectivity index (χ0v) is 13.5. The number of unbranched alkanes of at least 4 members (excludes halogenated alkanes) is 1. The molecule has 0 aromatic heterocycles. The van der Waals surface area contributed by atoms with Crippen LogP contribution < -0.4 is 20.1 Å². The van der Waals surface area contributed by atoms with Crippen LogP contribution in [0.15, 0.2) is 48.5 Å². The molecule has 0 spiro atoms. The number of halogens is 1. The van der Waals surface area contributed by atoms with Crippen molar-refractivity contribution in [3.05, 3.63) is 54.3 Å². The molecule has 0 aliphatic rings. The molecule has 0 saturated carbocycles. The Bertz CT molecular complexity index is 630. The summed E-state index contributed by atoms with van der Waals surface area (Å²) >= 11 is 0. The quantitative estimate of drug-likeness (QED) is 0.723. The van der Waals surface area contributed by atoms with Gasteiger partial charge in [-0.25, -0.2) is 9.18 Å². The highest BCUT2D eigenvalue weighted by Crippen LogP contribution is 2.14. The molecule has 2 rings (SSSR count). The van der Waals surface area contributed by atoms with Gasteiger partial charge in [-0.2, -0.15) is 0 Å². The molecule has 0 atom stereocenters. The van der Waals surface area contributed by atoms with Gasteiger partial charge in [0.05, 0.1) is 13.7 Å². The molecule has 5 nitrogen and oxygen atoms in total. The van der Waals surface area contributed by atoms with Gasteiger partial charge in [-0.05, 0) is 61.4 Å². The van der Waals surface area contributed by atoms with Gasteiger partial charge in [-0.1, -0.05) is 0 Å². The minimum absolute atomic E-state index is 0.250. The van der Waals surface area contributed by atoms with Crippen LogP contribution in [0.3, 0.4) is 0 Å². The van der Waals surface area contributed by atoms with Crippen LogP contribution in [0, 0.1) is 5.82 Å². The van der Waals surface area contributed by atoms with E-state index in [1.165, 1.54) is 12.1 Å². The van der Waals surface area contributed by atoms with Gasteiger partial charge in [-0.3, -0.25) is 0 Å². The van der Waals surface area contributed by atoms with Crippen LogP contribution in [-0.2, 0) is 0 Å². The summed E-state index contributed by atoms with van der Waals surface area (Å²) in [5, 5.41) is 5.52. The molecule has 6 heteroatoms. The normalized spacial score (nSPS) is 10.1. The van der Waals surface area contributed by atoms with Gasteiger partial charge in [0.15, 0.2) is 0 Å². The number of methoxy groups -OCH3 is 1. The van der Waals surface area contributed by atoms with Gasteiger partial charge in [0.2, 0.25) is 0 Å². The van der Waals surface area contributed by atoms with Crippen molar-refractivity contribution in [1.82, 2.24) is 5.32 Å². The Labute approximate surface area is 140 Å². The molecule has 0 heterocycles. The smallest absolute Gasteiger partial charge is 0.319 e. The van der Waals surface area contributed by atoms with Gasteiger partial charge in [0, 0.05) is 12.2 Å². The maximum Gasteiger partial charge on any atom is 0.319 e. The molecule has 0 saturated heterocycles. The number of hydrogen-bond donors (Lipinski definition) is 2. The molecule has 2 aromatic carbocycles. The lowest BCUT2D eigenvalue weighted by Gasteiger charge is -2.09. The van der Waals surface area contributed by atoms with E-state index in [1.54, 1.807) is 43.5 Å². The number of carbonyl (C=O) groups excluding carboxylic acids is 1. The standard InChI is InChI=1S/C18H21FN2O3/c1-23-16-10-6-15(7-11-16)21-18(22)20-12-2-3-13-24-17-8-4-14(19)5-9-17/h4-11H,2-3,12-13H2,1H3,(H2,20,21,22). The first kappa shape index (κ1) is 17.6. The molecule has 0 radical (unpaired) electrons. The molecule has 0 fully saturated rings. The molecular formula is C18H21FN2O3. The summed E-state index contributed by atoms with van der Waals surface area (Å²) in [7, 11) is 1.59. The molecular weight excluding hydrogens is 311 g/mol. The largest absolute Gasteiger partial charge is 0.497 e. The number of hydrogen-bond acceptors (Lipinski definition) is 3. The lowest BCUT2D eigenvalue weighted by atomic mass is 10.3. The summed E-state index contributed by atoms with van der Waals surface area (Å²) in [6.07, 6.45) is 1.58. The summed E-state index contributed by atoms with van der Waals surface area (Å²) in [4.78, 5) is 11.7. The number of carbonyl (C=O) groups is 1. The van der Waals surface area contributed by atoms with E-state index in [9.17, 15) is 9.18 Å². The fourth-order valence-electron chi connectivity index (χ4n) is 2.00. The summed E-state index contributed by atoms with van der Waals surface area (Å²) in [6, 6.07) is 12.8. The first-order chi connectivity index (χ1) is 11.7. The molecule has 128 valence electrons. The van der Waals surface area contributed by atoms with E-state index < -0.39 is 0 Å².